The fourth-order valence-electron chi connectivity index (χ4n) is 2.13. The second-order valence-corrected chi connectivity index (χ2v) is 5.00. The van der Waals surface area contributed by atoms with Crippen LogP contribution in [0.3, 0.4) is 0 Å². The second kappa shape index (κ2) is 8.86. The molecule has 2 heterocycles. The molecule has 2 rings (SSSR count). The second-order valence-electron chi connectivity index (χ2n) is 5.00. The van der Waals surface area contributed by atoms with Gasteiger partial charge < -0.3 is 10.4 Å². The lowest BCUT2D eigenvalue weighted by Crippen LogP contribution is -2.35. The first-order valence-electron chi connectivity index (χ1n) is 7.17. The van der Waals surface area contributed by atoms with Crippen LogP contribution in [-0.4, -0.2) is 45.6 Å². The number of aromatic nitrogens is 2. The Balaban J connectivity index is 1.78. The van der Waals surface area contributed by atoms with Crippen LogP contribution in [-0.2, 0) is 17.9 Å². The topological polar surface area (TPSA) is 78.4 Å². The third-order valence-corrected chi connectivity index (χ3v) is 3.14. The average molecular weight is 300 g/mol. The van der Waals surface area contributed by atoms with Gasteiger partial charge in [0.25, 0.3) is 0 Å². The first-order valence-corrected chi connectivity index (χ1v) is 7.17. The zero-order valence-electron chi connectivity index (χ0n) is 12.4. The van der Waals surface area contributed by atoms with E-state index in [0.717, 1.165) is 17.7 Å². The van der Waals surface area contributed by atoms with Gasteiger partial charge in [-0.25, -0.2) is 0 Å². The Morgan fingerprint density at radius 1 is 1.14 bits per heavy atom. The van der Waals surface area contributed by atoms with E-state index in [1.807, 2.05) is 35.4 Å². The fourth-order valence-corrected chi connectivity index (χ4v) is 2.13. The molecule has 6 nitrogen and oxygen atoms in total. The largest absolute Gasteiger partial charge is 0.480 e. The standard InChI is InChI=1S/C16H20N4O2/c21-16(22)13-20(12-15-4-2-6-18-11-15)8-7-19-10-14-3-1-5-17-9-14/h1-6,9,11,19H,7-8,10,12-13H2,(H,21,22). The molecule has 2 aromatic heterocycles. The molecule has 0 aromatic carbocycles. The molecule has 6 heteroatoms. The minimum absolute atomic E-state index is 0.0173. The molecule has 0 radical (unpaired) electrons. The molecule has 0 atom stereocenters. The predicted molar refractivity (Wildman–Crippen MR) is 83.1 cm³/mol. The van der Waals surface area contributed by atoms with Gasteiger partial charge in [-0.2, -0.15) is 0 Å². The van der Waals surface area contributed by atoms with Gasteiger partial charge in [-0.3, -0.25) is 19.7 Å². The molecule has 2 N–H and O–H groups in total. The molecule has 0 amide bonds. The Morgan fingerprint density at radius 2 is 1.82 bits per heavy atom. The van der Waals surface area contributed by atoms with E-state index >= 15 is 0 Å². The van der Waals surface area contributed by atoms with E-state index in [1.54, 1.807) is 18.6 Å². The number of carboxylic acids is 1. The lowest BCUT2D eigenvalue weighted by Gasteiger charge is -2.20. The lowest BCUT2D eigenvalue weighted by molar-refractivity contribution is -0.138. The number of nitrogens with one attached hydrogen (secondary N) is 1. The summed E-state index contributed by atoms with van der Waals surface area (Å²) in [4.78, 5) is 21.0. The van der Waals surface area contributed by atoms with Crippen LogP contribution in [0.2, 0.25) is 0 Å². The molecule has 0 aliphatic heterocycles. The van der Waals surface area contributed by atoms with Crippen molar-refractivity contribution in [1.29, 1.82) is 0 Å². The molecule has 0 spiro atoms. The van der Waals surface area contributed by atoms with Crippen LogP contribution in [0.15, 0.2) is 49.1 Å². The Labute approximate surface area is 129 Å². The van der Waals surface area contributed by atoms with E-state index < -0.39 is 5.97 Å². The van der Waals surface area contributed by atoms with E-state index in [9.17, 15) is 4.79 Å². The number of nitrogens with zero attached hydrogens (tertiary/aromatic N) is 3. The first-order chi connectivity index (χ1) is 10.7. The molecule has 0 fully saturated rings. The summed E-state index contributed by atoms with van der Waals surface area (Å²) in [5.41, 5.74) is 2.12. The Morgan fingerprint density at radius 3 is 2.41 bits per heavy atom. The predicted octanol–water partition coefficient (Wildman–Crippen LogP) is 1.15. The van der Waals surface area contributed by atoms with Crippen molar-refractivity contribution in [3.8, 4) is 0 Å². The highest BCUT2D eigenvalue weighted by molar-refractivity contribution is 5.69. The molecule has 0 saturated heterocycles. The molecule has 0 bridgehead atoms. The summed E-state index contributed by atoms with van der Waals surface area (Å²) in [6.07, 6.45) is 7.03. The van der Waals surface area contributed by atoms with E-state index in [2.05, 4.69) is 15.3 Å². The van der Waals surface area contributed by atoms with Gasteiger partial charge in [0.1, 0.15) is 0 Å². The smallest absolute Gasteiger partial charge is 0.317 e. The van der Waals surface area contributed by atoms with Crippen LogP contribution < -0.4 is 5.32 Å². The number of pyridine rings is 2. The minimum Gasteiger partial charge on any atom is -0.480 e. The van der Waals surface area contributed by atoms with Crippen LogP contribution in [0, 0.1) is 0 Å². The lowest BCUT2D eigenvalue weighted by atomic mass is 10.2. The number of hydrogen-bond acceptors (Lipinski definition) is 5. The van der Waals surface area contributed by atoms with E-state index in [0.29, 0.717) is 19.6 Å². The molecular formula is C16H20N4O2. The molecule has 0 unspecified atom stereocenters. The molecular weight excluding hydrogens is 280 g/mol. The Bertz CT molecular complexity index is 563. The van der Waals surface area contributed by atoms with Gasteiger partial charge in [0.15, 0.2) is 0 Å². The van der Waals surface area contributed by atoms with Gasteiger partial charge in [-0.05, 0) is 23.3 Å². The van der Waals surface area contributed by atoms with E-state index in [1.165, 1.54) is 0 Å². The zero-order chi connectivity index (χ0) is 15.6. The summed E-state index contributed by atoms with van der Waals surface area (Å²) < 4.78 is 0. The number of hydrogen-bond donors (Lipinski definition) is 2. The van der Waals surface area contributed by atoms with Crippen molar-refractivity contribution < 1.29 is 9.90 Å². The van der Waals surface area contributed by atoms with Crippen molar-refractivity contribution in [2.75, 3.05) is 19.6 Å². The molecule has 0 aliphatic rings. The van der Waals surface area contributed by atoms with Crippen molar-refractivity contribution in [2.24, 2.45) is 0 Å². The van der Waals surface area contributed by atoms with Crippen molar-refractivity contribution in [2.45, 2.75) is 13.1 Å². The van der Waals surface area contributed by atoms with Crippen molar-refractivity contribution >= 4 is 5.97 Å². The highest BCUT2D eigenvalue weighted by Crippen LogP contribution is 2.02. The molecule has 0 saturated carbocycles. The number of carbonyl (C=O) groups is 1. The zero-order valence-corrected chi connectivity index (χ0v) is 12.4. The molecule has 2 aromatic rings. The van der Waals surface area contributed by atoms with Gasteiger partial charge in [0.2, 0.25) is 0 Å². The van der Waals surface area contributed by atoms with Gasteiger partial charge in [0, 0.05) is 51.0 Å². The summed E-state index contributed by atoms with van der Waals surface area (Å²) >= 11 is 0. The maximum Gasteiger partial charge on any atom is 0.317 e. The summed E-state index contributed by atoms with van der Waals surface area (Å²) in [7, 11) is 0. The summed E-state index contributed by atoms with van der Waals surface area (Å²) in [6.45, 7) is 2.68. The average Bonchev–Trinajstić information content (AvgIpc) is 2.53. The Hall–Kier alpha value is -2.31. The van der Waals surface area contributed by atoms with Gasteiger partial charge in [0.05, 0.1) is 6.54 Å². The number of aliphatic carboxylic acids is 1. The number of rotatable bonds is 9. The van der Waals surface area contributed by atoms with Crippen molar-refractivity contribution in [3.05, 3.63) is 60.2 Å². The monoisotopic (exact) mass is 300 g/mol. The summed E-state index contributed by atoms with van der Waals surface area (Å²) in [6, 6.07) is 7.71. The van der Waals surface area contributed by atoms with E-state index in [4.69, 9.17) is 5.11 Å². The van der Waals surface area contributed by atoms with Crippen LogP contribution in [0.25, 0.3) is 0 Å². The SMILES string of the molecule is O=C(O)CN(CCNCc1cccnc1)Cc1cccnc1. The third kappa shape index (κ3) is 5.99. The summed E-state index contributed by atoms with van der Waals surface area (Å²) in [5.74, 6) is -0.823. The van der Waals surface area contributed by atoms with Gasteiger partial charge in [-0.15, -0.1) is 0 Å². The number of carboxylic acid groups (broad SMARTS) is 1. The van der Waals surface area contributed by atoms with Crippen molar-refractivity contribution in [1.82, 2.24) is 20.2 Å². The first kappa shape index (κ1) is 16.1. The highest BCUT2D eigenvalue weighted by atomic mass is 16.4. The fraction of sp³-hybridized carbons (Fsp3) is 0.312. The van der Waals surface area contributed by atoms with Crippen LogP contribution in [0.1, 0.15) is 11.1 Å². The molecule has 116 valence electrons. The normalized spacial score (nSPS) is 10.8. The van der Waals surface area contributed by atoms with Crippen LogP contribution in [0.4, 0.5) is 0 Å². The van der Waals surface area contributed by atoms with Crippen molar-refractivity contribution in [3.63, 3.8) is 0 Å². The highest BCUT2D eigenvalue weighted by Gasteiger charge is 2.10. The molecule has 0 aliphatic carbocycles. The molecule has 22 heavy (non-hydrogen) atoms. The van der Waals surface area contributed by atoms with E-state index in [-0.39, 0.29) is 6.54 Å². The quantitative estimate of drug-likeness (QED) is 0.677. The maximum absolute atomic E-state index is 11.0. The summed E-state index contributed by atoms with van der Waals surface area (Å²) in [5, 5.41) is 12.3. The minimum atomic E-state index is -0.823. The Kier molecular flexibility index (Phi) is 6.47. The van der Waals surface area contributed by atoms with Crippen LogP contribution in [0.5, 0.6) is 0 Å². The van der Waals surface area contributed by atoms with Crippen LogP contribution >= 0.6 is 0 Å². The van der Waals surface area contributed by atoms with Gasteiger partial charge in [-0.1, -0.05) is 12.1 Å². The maximum atomic E-state index is 11.0. The van der Waals surface area contributed by atoms with Gasteiger partial charge >= 0.3 is 5.97 Å². The third-order valence-electron chi connectivity index (χ3n) is 3.14.